The number of hydrogen-bond donors (Lipinski definition) is 2. The van der Waals surface area contributed by atoms with Crippen LogP contribution in [0.15, 0.2) is 46.0 Å². The van der Waals surface area contributed by atoms with Crippen molar-refractivity contribution in [3.8, 4) is 5.88 Å². The van der Waals surface area contributed by atoms with E-state index in [9.17, 15) is 14.7 Å². The van der Waals surface area contributed by atoms with Gasteiger partial charge in [0.25, 0.3) is 5.56 Å². The summed E-state index contributed by atoms with van der Waals surface area (Å²) in [5, 5.41) is 10.9. The lowest BCUT2D eigenvalue weighted by atomic mass is 10.2. The Morgan fingerprint density at radius 1 is 1.14 bits per heavy atom. The second kappa shape index (κ2) is 5.33. The molecule has 1 aromatic carbocycles. The number of aromatic nitrogens is 3. The summed E-state index contributed by atoms with van der Waals surface area (Å²) in [5.41, 5.74) is 0.188. The van der Waals surface area contributed by atoms with Gasteiger partial charge in [-0.2, -0.15) is 0 Å². The van der Waals surface area contributed by atoms with Crippen LogP contribution in [0, 0.1) is 0 Å². The summed E-state index contributed by atoms with van der Waals surface area (Å²) < 4.78 is 0.967. The minimum absolute atomic E-state index is 0.0112. The number of nitrogens with zero attached hydrogens (tertiary/aromatic N) is 2. The van der Waals surface area contributed by atoms with E-state index in [2.05, 4.69) is 9.97 Å². The maximum absolute atomic E-state index is 11.7. The average Bonchev–Trinajstić information content (AvgIpc) is 2.52. The Morgan fingerprint density at radius 2 is 1.91 bits per heavy atom. The maximum atomic E-state index is 11.7. The lowest BCUT2D eigenvalue weighted by Crippen LogP contribution is -2.29. The highest BCUT2D eigenvalue weighted by Gasteiger charge is 2.08. The summed E-state index contributed by atoms with van der Waals surface area (Å²) in [6.45, 7) is 0. The molecule has 0 fully saturated rings. The predicted octanol–water partition coefficient (Wildman–Crippen LogP) is 1.50. The highest BCUT2D eigenvalue weighted by molar-refractivity contribution is 5.81. The summed E-state index contributed by atoms with van der Waals surface area (Å²) in [6, 6.07) is 11.4. The van der Waals surface area contributed by atoms with E-state index >= 15 is 0 Å². The number of H-pyrrole nitrogens is 1. The Labute approximate surface area is 125 Å². The van der Waals surface area contributed by atoms with Crippen LogP contribution in [0.5, 0.6) is 5.88 Å². The van der Waals surface area contributed by atoms with Gasteiger partial charge in [0, 0.05) is 12.4 Å². The highest BCUT2D eigenvalue weighted by atomic mass is 16.3. The number of benzene rings is 1. The van der Waals surface area contributed by atoms with Crippen LogP contribution in [0.4, 0.5) is 0 Å². The first-order chi connectivity index (χ1) is 10.6. The fourth-order valence-electron chi connectivity index (χ4n) is 2.12. The molecule has 2 N–H and O–H groups in total. The molecule has 0 amide bonds. The Morgan fingerprint density at radius 3 is 2.73 bits per heavy atom. The molecular formula is C16H13N3O3. The molecule has 3 aromatic rings. The standard InChI is InChI=1S/C16H13N3O3/c1-19-15(21)12(14(20)18-16(19)22)9-8-11-7-6-10-4-2-3-5-13(10)17-11/h2-9,21H,1H3,(H,18,20,22). The van der Waals surface area contributed by atoms with Crippen LogP contribution >= 0.6 is 0 Å². The molecule has 2 heterocycles. The van der Waals surface area contributed by atoms with Gasteiger partial charge in [0.2, 0.25) is 5.88 Å². The Bertz CT molecular complexity index is 999. The maximum Gasteiger partial charge on any atom is 0.330 e. The van der Waals surface area contributed by atoms with Crippen molar-refractivity contribution in [2.24, 2.45) is 7.05 Å². The first-order valence-electron chi connectivity index (χ1n) is 6.62. The van der Waals surface area contributed by atoms with Gasteiger partial charge in [-0.15, -0.1) is 0 Å². The topological polar surface area (TPSA) is 88.0 Å². The highest BCUT2D eigenvalue weighted by Crippen LogP contribution is 2.15. The van der Waals surface area contributed by atoms with Crippen molar-refractivity contribution >= 4 is 23.1 Å². The molecule has 0 radical (unpaired) electrons. The Kier molecular flexibility index (Phi) is 3.34. The van der Waals surface area contributed by atoms with Crippen molar-refractivity contribution in [2.45, 2.75) is 0 Å². The number of nitrogens with one attached hydrogen (secondary N) is 1. The first-order valence-corrected chi connectivity index (χ1v) is 6.62. The number of pyridine rings is 1. The SMILES string of the molecule is Cn1c(O)c(C=Cc2ccc3ccccc3n2)c(=O)[nH]c1=O. The van der Waals surface area contributed by atoms with Gasteiger partial charge in [0.1, 0.15) is 5.56 Å². The number of para-hydroxylation sites is 1. The van der Waals surface area contributed by atoms with Gasteiger partial charge in [-0.25, -0.2) is 9.78 Å². The Hall–Kier alpha value is -3.15. The predicted molar refractivity (Wildman–Crippen MR) is 84.6 cm³/mol. The fourth-order valence-corrected chi connectivity index (χ4v) is 2.12. The zero-order valence-electron chi connectivity index (χ0n) is 11.8. The van der Waals surface area contributed by atoms with Crippen LogP contribution in [0.25, 0.3) is 23.1 Å². The van der Waals surface area contributed by atoms with Crippen molar-refractivity contribution in [2.75, 3.05) is 0 Å². The minimum Gasteiger partial charge on any atom is -0.494 e. The molecule has 0 spiro atoms. The van der Waals surface area contributed by atoms with Crippen LogP contribution < -0.4 is 11.2 Å². The van der Waals surface area contributed by atoms with E-state index in [0.717, 1.165) is 15.5 Å². The third-order valence-electron chi connectivity index (χ3n) is 3.37. The van der Waals surface area contributed by atoms with Crippen molar-refractivity contribution in [3.05, 3.63) is 68.5 Å². The lowest BCUT2D eigenvalue weighted by Gasteiger charge is -2.03. The first kappa shape index (κ1) is 13.8. The van der Waals surface area contributed by atoms with Crippen molar-refractivity contribution in [1.29, 1.82) is 0 Å². The third-order valence-corrected chi connectivity index (χ3v) is 3.37. The smallest absolute Gasteiger partial charge is 0.330 e. The number of rotatable bonds is 2. The summed E-state index contributed by atoms with van der Waals surface area (Å²) in [7, 11) is 1.37. The van der Waals surface area contributed by atoms with Crippen molar-refractivity contribution < 1.29 is 5.11 Å². The molecule has 0 aliphatic heterocycles. The van der Waals surface area contributed by atoms with Crippen LogP contribution in [0.3, 0.4) is 0 Å². The van der Waals surface area contributed by atoms with Crippen LogP contribution in [0.1, 0.15) is 11.3 Å². The molecule has 0 aliphatic rings. The molecule has 0 unspecified atom stereocenters. The molecule has 2 aromatic heterocycles. The van der Waals surface area contributed by atoms with Crippen LogP contribution in [-0.4, -0.2) is 19.6 Å². The zero-order chi connectivity index (χ0) is 15.7. The van der Waals surface area contributed by atoms with Gasteiger partial charge in [-0.3, -0.25) is 14.3 Å². The van der Waals surface area contributed by atoms with Gasteiger partial charge < -0.3 is 5.11 Å². The second-order valence-electron chi connectivity index (χ2n) is 4.82. The molecule has 0 aliphatic carbocycles. The van der Waals surface area contributed by atoms with Crippen LogP contribution in [0.2, 0.25) is 0 Å². The molecule has 0 saturated carbocycles. The van der Waals surface area contributed by atoms with E-state index in [1.165, 1.54) is 13.1 Å². The summed E-state index contributed by atoms with van der Waals surface area (Å²) in [4.78, 5) is 29.7. The Balaban J connectivity index is 2.05. The van der Waals surface area contributed by atoms with Gasteiger partial charge in [-0.1, -0.05) is 24.3 Å². The van der Waals surface area contributed by atoms with E-state index in [-0.39, 0.29) is 11.4 Å². The monoisotopic (exact) mass is 295 g/mol. The lowest BCUT2D eigenvalue weighted by molar-refractivity contribution is 0.416. The molecule has 6 heteroatoms. The minimum atomic E-state index is -0.663. The van der Waals surface area contributed by atoms with Gasteiger partial charge in [-0.05, 0) is 24.3 Å². The average molecular weight is 295 g/mol. The van der Waals surface area contributed by atoms with E-state index in [0.29, 0.717) is 5.69 Å². The molecular weight excluding hydrogens is 282 g/mol. The van der Waals surface area contributed by atoms with Gasteiger partial charge >= 0.3 is 5.69 Å². The van der Waals surface area contributed by atoms with Gasteiger partial charge in [0.15, 0.2) is 0 Å². The number of aromatic amines is 1. The molecule has 0 atom stereocenters. The van der Waals surface area contributed by atoms with E-state index < -0.39 is 11.2 Å². The number of fused-ring (bicyclic) bond motifs is 1. The molecule has 0 saturated heterocycles. The van der Waals surface area contributed by atoms with E-state index in [1.807, 2.05) is 36.4 Å². The summed E-state index contributed by atoms with van der Waals surface area (Å²) >= 11 is 0. The normalized spacial score (nSPS) is 11.3. The summed E-state index contributed by atoms with van der Waals surface area (Å²) in [5.74, 6) is -0.384. The van der Waals surface area contributed by atoms with Gasteiger partial charge in [0.05, 0.1) is 11.2 Å². The van der Waals surface area contributed by atoms with E-state index in [1.54, 1.807) is 6.08 Å². The van der Waals surface area contributed by atoms with E-state index in [4.69, 9.17) is 0 Å². The fraction of sp³-hybridized carbons (Fsp3) is 0.0625. The molecule has 0 bridgehead atoms. The van der Waals surface area contributed by atoms with Crippen LogP contribution in [-0.2, 0) is 7.05 Å². The molecule has 110 valence electrons. The number of aromatic hydroxyl groups is 1. The molecule has 6 nitrogen and oxygen atoms in total. The second-order valence-corrected chi connectivity index (χ2v) is 4.82. The third kappa shape index (κ3) is 2.42. The largest absolute Gasteiger partial charge is 0.494 e. The van der Waals surface area contributed by atoms with Crippen molar-refractivity contribution in [1.82, 2.24) is 14.5 Å². The number of hydrogen-bond acceptors (Lipinski definition) is 4. The molecule has 22 heavy (non-hydrogen) atoms. The zero-order valence-corrected chi connectivity index (χ0v) is 11.8. The molecule has 3 rings (SSSR count). The quantitative estimate of drug-likeness (QED) is 0.750. The van der Waals surface area contributed by atoms with Crippen molar-refractivity contribution in [3.63, 3.8) is 0 Å². The summed E-state index contributed by atoms with van der Waals surface area (Å²) in [6.07, 6.45) is 3.05.